The molecule has 0 bridgehead atoms. The monoisotopic (exact) mass is 389 g/mol. The Morgan fingerprint density at radius 2 is 1.68 bits per heavy atom. The second-order valence-electron chi connectivity index (χ2n) is 6.99. The lowest BCUT2D eigenvalue weighted by Gasteiger charge is -2.11. The molecule has 140 valence electrons. The van der Waals surface area contributed by atoms with Crippen molar-refractivity contribution in [2.24, 2.45) is 7.05 Å². The lowest BCUT2D eigenvalue weighted by molar-refractivity contribution is 0.784. The molecule has 5 rings (SSSR count). The van der Waals surface area contributed by atoms with Crippen molar-refractivity contribution in [3.8, 4) is 0 Å². The molecule has 0 spiro atoms. The Bertz CT molecular complexity index is 1250. The number of fused-ring (bicyclic) bond motifs is 2. The predicted molar refractivity (Wildman–Crippen MR) is 113 cm³/mol. The number of aromatic nitrogens is 4. The largest absolute Gasteiger partial charge is 0.367 e. The number of anilines is 1. The summed E-state index contributed by atoms with van der Waals surface area (Å²) >= 11 is 1.50. The lowest BCUT2D eigenvalue weighted by Crippen LogP contribution is -2.21. The van der Waals surface area contributed by atoms with E-state index in [-0.39, 0.29) is 5.56 Å². The molecule has 6 nitrogen and oxygen atoms in total. The molecule has 28 heavy (non-hydrogen) atoms. The van der Waals surface area contributed by atoms with Gasteiger partial charge in [0, 0.05) is 18.5 Å². The van der Waals surface area contributed by atoms with E-state index in [1.807, 2.05) is 48.5 Å². The topological polar surface area (TPSA) is 72.7 Å². The summed E-state index contributed by atoms with van der Waals surface area (Å²) in [6.45, 7) is 0. The summed E-state index contributed by atoms with van der Waals surface area (Å²) in [5.74, 6) is 2.12. The van der Waals surface area contributed by atoms with E-state index in [0.29, 0.717) is 28.2 Å². The molecular formula is C21H19N5OS. The predicted octanol–water partition coefficient (Wildman–Crippen LogP) is 3.74. The SMILES string of the molecule is Cn1c(CSc2nc(NC3CC3)c3ccccc3n2)nc2ccccc2c1=O. The summed E-state index contributed by atoms with van der Waals surface area (Å²) in [6, 6.07) is 16.0. The zero-order valence-electron chi connectivity index (χ0n) is 15.4. The first-order valence-electron chi connectivity index (χ1n) is 9.30. The summed E-state index contributed by atoms with van der Waals surface area (Å²) in [7, 11) is 1.76. The quantitative estimate of drug-likeness (QED) is 0.414. The highest BCUT2D eigenvalue weighted by Crippen LogP contribution is 2.30. The minimum Gasteiger partial charge on any atom is -0.367 e. The molecule has 1 saturated carbocycles. The van der Waals surface area contributed by atoms with Crippen molar-refractivity contribution in [2.45, 2.75) is 29.8 Å². The molecule has 1 aliphatic carbocycles. The number of hydrogen-bond acceptors (Lipinski definition) is 6. The van der Waals surface area contributed by atoms with Crippen LogP contribution in [0.4, 0.5) is 5.82 Å². The van der Waals surface area contributed by atoms with Crippen molar-refractivity contribution >= 4 is 39.4 Å². The second kappa shape index (κ2) is 6.91. The summed E-state index contributed by atoms with van der Waals surface area (Å²) in [5.41, 5.74) is 1.61. The molecule has 0 atom stereocenters. The van der Waals surface area contributed by atoms with Gasteiger partial charge in [-0.05, 0) is 37.1 Å². The Morgan fingerprint density at radius 1 is 1.00 bits per heavy atom. The zero-order chi connectivity index (χ0) is 19.1. The maximum Gasteiger partial charge on any atom is 0.261 e. The maximum absolute atomic E-state index is 12.6. The molecule has 2 aromatic heterocycles. The molecule has 0 saturated heterocycles. The van der Waals surface area contributed by atoms with Gasteiger partial charge >= 0.3 is 0 Å². The number of nitrogens with one attached hydrogen (secondary N) is 1. The van der Waals surface area contributed by atoms with E-state index >= 15 is 0 Å². The number of thioether (sulfide) groups is 1. The van der Waals surface area contributed by atoms with Gasteiger partial charge in [-0.3, -0.25) is 9.36 Å². The van der Waals surface area contributed by atoms with E-state index in [0.717, 1.165) is 22.2 Å². The number of hydrogen-bond donors (Lipinski definition) is 1. The molecule has 1 N–H and O–H groups in total. The average molecular weight is 389 g/mol. The number of benzene rings is 2. The van der Waals surface area contributed by atoms with Crippen molar-refractivity contribution in [3.05, 3.63) is 64.7 Å². The van der Waals surface area contributed by atoms with Crippen LogP contribution in [0.15, 0.2) is 58.5 Å². The van der Waals surface area contributed by atoms with Gasteiger partial charge in [-0.15, -0.1) is 0 Å². The van der Waals surface area contributed by atoms with E-state index < -0.39 is 0 Å². The molecule has 2 aromatic carbocycles. The van der Waals surface area contributed by atoms with E-state index in [1.165, 1.54) is 24.6 Å². The van der Waals surface area contributed by atoms with E-state index in [2.05, 4.69) is 15.3 Å². The van der Waals surface area contributed by atoms with Crippen LogP contribution in [-0.2, 0) is 12.8 Å². The standard InChI is InChI=1S/C21H19N5OS/c1-26-18(23-17-9-5-3-7-15(17)20(26)27)12-28-21-24-16-8-4-2-6-14(16)19(25-21)22-13-10-11-13/h2-9,13H,10-12H2,1H3,(H,22,24,25). The first-order valence-corrected chi connectivity index (χ1v) is 10.3. The van der Waals surface area contributed by atoms with Gasteiger partial charge in [0.2, 0.25) is 0 Å². The minimum atomic E-state index is -0.0308. The van der Waals surface area contributed by atoms with Gasteiger partial charge in [-0.1, -0.05) is 36.0 Å². The molecule has 0 amide bonds. The Morgan fingerprint density at radius 3 is 2.43 bits per heavy atom. The second-order valence-corrected chi connectivity index (χ2v) is 7.93. The van der Waals surface area contributed by atoms with Crippen LogP contribution in [-0.4, -0.2) is 25.6 Å². The zero-order valence-corrected chi connectivity index (χ0v) is 16.2. The van der Waals surface area contributed by atoms with Gasteiger partial charge < -0.3 is 5.32 Å². The molecule has 2 heterocycles. The van der Waals surface area contributed by atoms with Crippen LogP contribution in [0.5, 0.6) is 0 Å². The Balaban J connectivity index is 1.48. The molecule has 4 aromatic rings. The average Bonchev–Trinajstić information content (AvgIpc) is 3.54. The van der Waals surface area contributed by atoms with E-state index in [1.54, 1.807) is 11.6 Å². The van der Waals surface area contributed by atoms with Crippen LogP contribution in [0.2, 0.25) is 0 Å². The highest BCUT2D eigenvalue weighted by Gasteiger charge is 2.23. The van der Waals surface area contributed by atoms with Crippen LogP contribution in [0, 0.1) is 0 Å². The smallest absolute Gasteiger partial charge is 0.261 e. The van der Waals surface area contributed by atoms with Crippen molar-refractivity contribution in [1.82, 2.24) is 19.5 Å². The molecule has 1 aliphatic rings. The van der Waals surface area contributed by atoms with Crippen LogP contribution in [0.25, 0.3) is 21.8 Å². The summed E-state index contributed by atoms with van der Waals surface area (Å²) in [6.07, 6.45) is 2.37. The van der Waals surface area contributed by atoms with Crippen molar-refractivity contribution < 1.29 is 0 Å². The highest BCUT2D eigenvalue weighted by atomic mass is 32.2. The number of para-hydroxylation sites is 2. The molecule has 7 heteroatoms. The minimum absolute atomic E-state index is 0.0308. The molecule has 0 radical (unpaired) electrons. The van der Waals surface area contributed by atoms with Crippen molar-refractivity contribution in [3.63, 3.8) is 0 Å². The van der Waals surface area contributed by atoms with Crippen LogP contribution < -0.4 is 10.9 Å². The Kier molecular flexibility index (Phi) is 4.24. The molecule has 0 unspecified atom stereocenters. The van der Waals surface area contributed by atoms with Crippen LogP contribution >= 0.6 is 11.8 Å². The summed E-state index contributed by atoms with van der Waals surface area (Å²) < 4.78 is 1.61. The third-order valence-corrected chi connectivity index (χ3v) is 5.75. The maximum atomic E-state index is 12.6. The van der Waals surface area contributed by atoms with Gasteiger partial charge in [0.05, 0.1) is 22.2 Å². The van der Waals surface area contributed by atoms with Crippen LogP contribution in [0.1, 0.15) is 18.7 Å². The summed E-state index contributed by atoms with van der Waals surface area (Å²) in [4.78, 5) is 26.7. The fourth-order valence-corrected chi connectivity index (χ4v) is 4.01. The van der Waals surface area contributed by atoms with Gasteiger partial charge in [0.1, 0.15) is 11.6 Å². The lowest BCUT2D eigenvalue weighted by atomic mass is 10.2. The number of rotatable bonds is 5. The summed E-state index contributed by atoms with van der Waals surface area (Å²) in [5, 5.41) is 5.86. The fourth-order valence-electron chi connectivity index (χ4n) is 3.17. The van der Waals surface area contributed by atoms with Gasteiger partial charge in [0.15, 0.2) is 5.16 Å². The van der Waals surface area contributed by atoms with Crippen molar-refractivity contribution in [2.75, 3.05) is 5.32 Å². The number of nitrogens with zero attached hydrogens (tertiary/aromatic N) is 4. The Hall–Kier alpha value is -2.93. The highest BCUT2D eigenvalue weighted by molar-refractivity contribution is 7.98. The van der Waals surface area contributed by atoms with Crippen LogP contribution in [0.3, 0.4) is 0 Å². The van der Waals surface area contributed by atoms with E-state index in [9.17, 15) is 4.79 Å². The molecule has 0 aliphatic heterocycles. The third kappa shape index (κ3) is 3.22. The molecular weight excluding hydrogens is 370 g/mol. The van der Waals surface area contributed by atoms with Gasteiger partial charge in [-0.2, -0.15) is 0 Å². The van der Waals surface area contributed by atoms with E-state index in [4.69, 9.17) is 4.98 Å². The first-order chi connectivity index (χ1) is 13.7. The first kappa shape index (κ1) is 17.2. The van der Waals surface area contributed by atoms with Gasteiger partial charge in [-0.25, -0.2) is 15.0 Å². The Labute approximate surface area is 166 Å². The van der Waals surface area contributed by atoms with Gasteiger partial charge in [0.25, 0.3) is 5.56 Å². The third-order valence-electron chi connectivity index (χ3n) is 4.91. The fraction of sp³-hybridized carbons (Fsp3) is 0.238. The van der Waals surface area contributed by atoms with Crippen molar-refractivity contribution in [1.29, 1.82) is 0 Å². The molecule has 1 fully saturated rings. The normalized spacial score (nSPS) is 13.9.